The number of carbonyl (C=O) groups is 1. The zero-order chi connectivity index (χ0) is 17.6. The fourth-order valence-electron chi connectivity index (χ4n) is 3.24. The van der Waals surface area contributed by atoms with E-state index < -0.39 is 0 Å². The number of halogens is 1. The van der Waals surface area contributed by atoms with Gasteiger partial charge in [-0.3, -0.25) is 4.79 Å². The number of benzene rings is 1. The van der Waals surface area contributed by atoms with Crippen LogP contribution >= 0.6 is 11.6 Å². The van der Waals surface area contributed by atoms with Crippen LogP contribution in [0.25, 0.3) is 0 Å². The Balaban J connectivity index is 1.70. The molecule has 1 aromatic carbocycles. The Kier molecular flexibility index (Phi) is 6.04. The molecule has 25 heavy (non-hydrogen) atoms. The summed E-state index contributed by atoms with van der Waals surface area (Å²) >= 11 is 6.18. The average Bonchev–Trinajstić information content (AvgIpc) is 3.10. The highest BCUT2D eigenvalue weighted by Gasteiger charge is 2.28. The molecule has 0 saturated carbocycles. The standard InChI is InChI=1S/C18H23ClN4O2/c1-25-11-9-15-7-4-5-10-23(15)18(24)17-13-22(21-20-17)12-14-6-2-3-8-16(14)19/h2-3,6,8,13,15H,4-5,7,9-12H2,1H3/t15-/m0/s1. The maximum atomic E-state index is 12.8. The lowest BCUT2D eigenvalue weighted by molar-refractivity contribution is 0.0547. The van der Waals surface area contributed by atoms with Gasteiger partial charge in [-0.1, -0.05) is 35.0 Å². The Morgan fingerprint density at radius 3 is 3.00 bits per heavy atom. The average molecular weight is 363 g/mol. The third-order valence-corrected chi connectivity index (χ3v) is 4.96. The molecule has 1 aromatic heterocycles. The molecule has 1 fully saturated rings. The van der Waals surface area contributed by atoms with Crippen LogP contribution in [0.3, 0.4) is 0 Å². The van der Waals surface area contributed by atoms with Crippen LogP contribution in [-0.2, 0) is 11.3 Å². The number of likely N-dealkylation sites (tertiary alicyclic amines) is 1. The summed E-state index contributed by atoms with van der Waals surface area (Å²) in [5, 5.41) is 8.85. The minimum atomic E-state index is -0.0498. The van der Waals surface area contributed by atoms with Crippen LogP contribution in [0.2, 0.25) is 5.02 Å². The molecule has 1 amide bonds. The summed E-state index contributed by atoms with van der Waals surface area (Å²) in [6, 6.07) is 7.82. The van der Waals surface area contributed by atoms with Crippen molar-refractivity contribution in [1.82, 2.24) is 19.9 Å². The number of aromatic nitrogens is 3. The molecular weight excluding hydrogens is 340 g/mol. The molecule has 134 valence electrons. The predicted octanol–water partition coefficient (Wildman–Crippen LogP) is 3.01. The van der Waals surface area contributed by atoms with E-state index in [0.29, 0.717) is 23.9 Å². The Morgan fingerprint density at radius 1 is 1.36 bits per heavy atom. The van der Waals surface area contributed by atoms with Gasteiger partial charge in [-0.25, -0.2) is 4.68 Å². The van der Waals surface area contributed by atoms with Gasteiger partial charge in [0.2, 0.25) is 0 Å². The zero-order valence-electron chi connectivity index (χ0n) is 14.4. The molecule has 0 N–H and O–H groups in total. The molecule has 1 saturated heterocycles. The summed E-state index contributed by atoms with van der Waals surface area (Å²) in [4.78, 5) is 14.8. The van der Waals surface area contributed by atoms with E-state index in [1.165, 1.54) is 0 Å². The second-order valence-electron chi connectivity index (χ2n) is 6.32. The summed E-state index contributed by atoms with van der Waals surface area (Å²) in [6.07, 6.45) is 5.76. The molecular formula is C18H23ClN4O2. The summed E-state index contributed by atoms with van der Waals surface area (Å²) in [6.45, 7) is 1.92. The molecule has 3 rings (SSSR count). The first kappa shape index (κ1) is 17.9. The number of carbonyl (C=O) groups excluding carboxylic acids is 1. The van der Waals surface area contributed by atoms with Gasteiger partial charge in [0.05, 0.1) is 12.7 Å². The quantitative estimate of drug-likeness (QED) is 0.792. The van der Waals surface area contributed by atoms with E-state index in [2.05, 4.69) is 10.3 Å². The monoisotopic (exact) mass is 362 g/mol. The van der Waals surface area contributed by atoms with Crippen molar-refractivity contribution in [3.8, 4) is 0 Å². The van der Waals surface area contributed by atoms with Gasteiger partial charge in [-0.2, -0.15) is 0 Å². The maximum absolute atomic E-state index is 12.8. The van der Waals surface area contributed by atoms with Crippen molar-refractivity contribution in [2.45, 2.75) is 38.3 Å². The Bertz CT molecular complexity index is 719. The number of hydrogen-bond acceptors (Lipinski definition) is 4. The van der Waals surface area contributed by atoms with Gasteiger partial charge in [0.25, 0.3) is 5.91 Å². The lowest BCUT2D eigenvalue weighted by Gasteiger charge is -2.35. The molecule has 7 heteroatoms. The van der Waals surface area contributed by atoms with Crippen molar-refractivity contribution >= 4 is 17.5 Å². The number of amides is 1. The fourth-order valence-corrected chi connectivity index (χ4v) is 3.44. The number of hydrogen-bond donors (Lipinski definition) is 0. The Morgan fingerprint density at radius 2 is 2.20 bits per heavy atom. The Labute approximate surface area is 152 Å². The molecule has 0 aliphatic carbocycles. The topological polar surface area (TPSA) is 60.2 Å². The van der Waals surface area contributed by atoms with Crippen LogP contribution in [0, 0.1) is 0 Å². The van der Waals surface area contributed by atoms with E-state index >= 15 is 0 Å². The normalized spacial score (nSPS) is 17.7. The molecule has 2 heterocycles. The first-order valence-corrected chi connectivity index (χ1v) is 9.00. The van der Waals surface area contributed by atoms with Crippen LogP contribution in [-0.4, -0.2) is 52.1 Å². The number of ether oxygens (including phenoxy) is 1. The number of piperidine rings is 1. The third kappa shape index (κ3) is 4.38. The molecule has 2 aromatic rings. The predicted molar refractivity (Wildman–Crippen MR) is 95.7 cm³/mol. The van der Waals surface area contributed by atoms with Gasteiger partial charge in [-0.15, -0.1) is 5.10 Å². The smallest absolute Gasteiger partial charge is 0.276 e. The molecule has 0 unspecified atom stereocenters. The van der Waals surface area contributed by atoms with Gasteiger partial charge in [0.1, 0.15) is 0 Å². The van der Waals surface area contributed by atoms with Crippen molar-refractivity contribution in [1.29, 1.82) is 0 Å². The van der Waals surface area contributed by atoms with E-state index in [-0.39, 0.29) is 11.9 Å². The first-order chi connectivity index (χ1) is 12.2. The van der Waals surface area contributed by atoms with Crippen LogP contribution in [0.1, 0.15) is 41.7 Å². The van der Waals surface area contributed by atoms with Gasteiger partial charge >= 0.3 is 0 Å². The lowest BCUT2D eigenvalue weighted by Crippen LogP contribution is -2.44. The van der Waals surface area contributed by atoms with Gasteiger partial charge in [0, 0.05) is 31.3 Å². The summed E-state index contributed by atoms with van der Waals surface area (Å²) in [5.74, 6) is -0.0498. The maximum Gasteiger partial charge on any atom is 0.276 e. The number of methoxy groups -OCH3 is 1. The van der Waals surface area contributed by atoms with Crippen molar-refractivity contribution in [2.24, 2.45) is 0 Å². The van der Waals surface area contributed by atoms with Crippen molar-refractivity contribution < 1.29 is 9.53 Å². The molecule has 0 bridgehead atoms. The van der Waals surface area contributed by atoms with E-state index in [1.807, 2.05) is 29.2 Å². The van der Waals surface area contributed by atoms with E-state index in [1.54, 1.807) is 18.0 Å². The third-order valence-electron chi connectivity index (χ3n) is 4.59. The minimum Gasteiger partial charge on any atom is -0.385 e. The second kappa shape index (κ2) is 8.45. The largest absolute Gasteiger partial charge is 0.385 e. The van der Waals surface area contributed by atoms with Gasteiger partial charge in [-0.05, 0) is 37.3 Å². The molecule has 1 atom stereocenters. The SMILES string of the molecule is COCC[C@@H]1CCCCN1C(=O)c1cn(Cc2ccccc2Cl)nn1. The number of rotatable bonds is 6. The zero-order valence-corrected chi connectivity index (χ0v) is 15.2. The molecule has 1 aliphatic rings. The lowest BCUT2D eigenvalue weighted by atomic mass is 9.99. The first-order valence-electron chi connectivity index (χ1n) is 8.62. The van der Waals surface area contributed by atoms with Gasteiger partial charge < -0.3 is 9.64 Å². The highest BCUT2D eigenvalue weighted by atomic mass is 35.5. The minimum absolute atomic E-state index is 0.0498. The second-order valence-corrected chi connectivity index (χ2v) is 6.73. The summed E-state index contributed by atoms with van der Waals surface area (Å²) < 4.78 is 6.83. The van der Waals surface area contributed by atoms with E-state index in [0.717, 1.165) is 37.8 Å². The van der Waals surface area contributed by atoms with Crippen molar-refractivity contribution in [2.75, 3.05) is 20.3 Å². The van der Waals surface area contributed by atoms with E-state index in [4.69, 9.17) is 16.3 Å². The Hall–Kier alpha value is -1.92. The number of nitrogens with zero attached hydrogens (tertiary/aromatic N) is 4. The van der Waals surface area contributed by atoms with E-state index in [9.17, 15) is 4.79 Å². The fraction of sp³-hybridized carbons (Fsp3) is 0.500. The van der Waals surface area contributed by atoms with Crippen LogP contribution < -0.4 is 0 Å². The molecule has 1 aliphatic heterocycles. The highest BCUT2D eigenvalue weighted by molar-refractivity contribution is 6.31. The van der Waals surface area contributed by atoms with Gasteiger partial charge in [0.15, 0.2) is 5.69 Å². The molecule has 6 nitrogen and oxygen atoms in total. The van der Waals surface area contributed by atoms with Crippen molar-refractivity contribution in [3.63, 3.8) is 0 Å². The highest BCUT2D eigenvalue weighted by Crippen LogP contribution is 2.22. The summed E-state index contributed by atoms with van der Waals surface area (Å²) in [5.41, 5.74) is 1.33. The van der Waals surface area contributed by atoms with Crippen LogP contribution in [0.4, 0.5) is 0 Å². The summed E-state index contributed by atoms with van der Waals surface area (Å²) in [7, 11) is 1.69. The molecule has 0 spiro atoms. The van der Waals surface area contributed by atoms with Crippen molar-refractivity contribution in [3.05, 3.63) is 46.7 Å². The van der Waals surface area contributed by atoms with Crippen LogP contribution in [0.15, 0.2) is 30.5 Å². The van der Waals surface area contributed by atoms with Crippen LogP contribution in [0.5, 0.6) is 0 Å². The molecule has 0 radical (unpaired) electrons.